The van der Waals surface area contributed by atoms with Gasteiger partial charge >= 0.3 is 0 Å². The average Bonchev–Trinajstić information content (AvgIpc) is 1.65. The minimum Gasteiger partial charge on any atom is -0.0596 e. The van der Waals surface area contributed by atoms with E-state index >= 15 is 0 Å². The van der Waals surface area contributed by atoms with Gasteiger partial charge in [-0.1, -0.05) is 26.2 Å². The second-order valence-corrected chi connectivity index (χ2v) is 3.37. The molecule has 0 saturated heterocycles. The molecular formula is C8H15. The molecule has 0 heteroatoms. The Labute approximate surface area is 52.3 Å². The quantitative estimate of drug-likeness (QED) is 0.451. The molecule has 1 saturated carbocycles. The molecule has 1 rings (SSSR count). The summed E-state index contributed by atoms with van der Waals surface area (Å²) in [4.78, 5) is 0. The van der Waals surface area contributed by atoms with Gasteiger partial charge in [0, 0.05) is 0 Å². The van der Waals surface area contributed by atoms with Gasteiger partial charge in [-0.2, -0.15) is 0 Å². The zero-order valence-corrected chi connectivity index (χ0v) is 5.74. The summed E-state index contributed by atoms with van der Waals surface area (Å²) in [6.45, 7) is 6.40. The van der Waals surface area contributed by atoms with E-state index in [2.05, 4.69) is 13.8 Å². The molecule has 1 radical (unpaired) electrons. The van der Waals surface area contributed by atoms with Crippen molar-refractivity contribution in [3.05, 3.63) is 6.92 Å². The number of hydrogen-bond acceptors (Lipinski definition) is 0. The molecule has 0 aromatic carbocycles. The summed E-state index contributed by atoms with van der Waals surface area (Å²) in [6, 6.07) is 0. The van der Waals surface area contributed by atoms with Crippen LogP contribution in [0.25, 0.3) is 0 Å². The molecule has 0 N–H and O–H groups in total. The molecular weight excluding hydrogens is 96.1 g/mol. The fourth-order valence-corrected chi connectivity index (χ4v) is 1.41. The van der Waals surface area contributed by atoms with Crippen molar-refractivity contribution in [2.24, 2.45) is 5.41 Å². The molecule has 1 aliphatic rings. The van der Waals surface area contributed by atoms with E-state index in [1.807, 2.05) is 0 Å². The molecule has 0 unspecified atom stereocenters. The largest absolute Gasteiger partial charge is 0.0596 e. The second-order valence-electron chi connectivity index (χ2n) is 3.37. The molecule has 0 aromatic heterocycles. The lowest BCUT2D eigenvalue weighted by molar-refractivity contribution is 0.282. The van der Waals surface area contributed by atoms with Gasteiger partial charge in [-0.15, -0.1) is 0 Å². The van der Waals surface area contributed by atoms with Crippen LogP contribution in [0.15, 0.2) is 0 Å². The van der Waals surface area contributed by atoms with Gasteiger partial charge in [0.1, 0.15) is 0 Å². The third-order valence-electron chi connectivity index (χ3n) is 2.06. The molecule has 0 nitrogen and oxygen atoms in total. The van der Waals surface area contributed by atoms with Crippen LogP contribution in [0.5, 0.6) is 0 Å². The predicted molar refractivity (Wildman–Crippen MR) is 36.5 cm³/mol. The van der Waals surface area contributed by atoms with Crippen molar-refractivity contribution >= 4 is 0 Å². The Morgan fingerprint density at radius 2 is 1.62 bits per heavy atom. The van der Waals surface area contributed by atoms with Crippen LogP contribution in [0.3, 0.4) is 0 Å². The van der Waals surface area contributed by atoms with Crippen LogP contribution in [-0.2, 0) is 0 Å². The minimum atomic E-state index is 0.429. The fourth-order valence-electron chi connectivity index (χ4n) is 1.41. The van der Waals surface area contributed by atoms with Crippen LogP contribution >= 0.6 is 0 Å². The van der Waals surface area contributed by atoms with Gasteiger partial charge in [0.25, 0.3) is 0 Å². The molecule has 8 heavy (non-hydrogen) atoms. The maximum Gasteiger partial charge on any atom is -0.0326 e. The van der Waals surface area contributed by atoms with Crippen molar-refractivity contribution in [2.45, 2.75) is 39.0 Å². The molecule has 0 atom stereocenters. The Morgan fingerprint density at radius 3 is 1.88 bits per heavy atom. The minimum absolute atomic E-state index is 0.429. The Morgan fingerprint density at radius 1 is 1.12 bits per heavy atom. The smallest absolute Gasteiger partial charge is 0.0326 e. The van der Waals surface area contributed by atoms with Gasteiger partial charge in [-0.05, 0) is 25.2 Å². The van der Waals surface area contributed by atoms with Crippen LogP contribution in [0, 0.1) is 12.3 Å². The molecule has 0 heterocycles. The fraction of sp³-hybridized carbons (Fsp3) is 0.875. The van der Waals surface area contributed by atoms with Gasteiger partial charge in [-0.25, -0.2) is 0 Å². The molecule has 0 aliphatic heterocycles. The molecule has 0 amide bonds. The highest BCUT2D eigenvalue weighted by atomic mass is 14.3. The SMILES string of the molecule is [CH2]C1(C)CCCCC1. The number of rotatable bonds is 0. The first-order chi connectivity index (χ1) is 3.71. The predicted octanol–water partition coefficient (Wildman–Crippen LogP) is 2.79. The highest BCUT2D eigenvalue weighted by molar-refractivity contribution is 4.79. The van der Waals surface area contributed by atoms with Crippen molar-refractivity contribution in [1.29, 1.82) is 0 Å². The van der Waals surface area contributed by atoms with Crippen LogP contribution in [-0.4, -0.2) is 0 Å². The molecule has 47 valence electrons. The summed E-state index contributed by atoms with van der Waals surface area (Å²) in [5.41, 5.74) is 0.429. The van der Waals surface area contributed by atoms with E-state index in [-0.39, 0.29) is 0 Å². The first-order valence-electron chi connectivity index (χ1n) is 3.56. The monoisotopic (exact) mass is 111 g/mol. The van der Waals surface area contributed by atoms with E-state index in [9.17, 15) is 0 Å². The zero-order chi connectivity index (χ0) is 6.04. The van der Waals surface area contributed by atoms with Crippen LogP contribution in [0.1, 0.15) is 39.0 Å². The van der Waals surface area contributed by atoms with E-state index in [4.69, 9.17) is 0 Å². The average molecular weight is 111 g/mol. The summed E-state index contributed by atoms with van der Waals surface area (Å²) in [7, 11) is 0. The summed E-state index contributed by atoms with van der Waals surface area (Å²) >= 11 is 0. The summed E-state index contributed by atoms with van der Waals surface area (Å²) in [6.07, 6.45) is 6.92. The highest BCUT2D eigenvalue weighted by Crippen LogP contribution is 2.33. The lowest BCUT2D eigenvalue weighted by atomic mass is 9.78. The second kappa shape index (κ2) is 2.08. The van der Waals surface area contributed by atoms with Crippen LogP contribution in [0.4, 0.5) is 0 Å². The Hall–Kier alpha value is 0. The lowest BCUT2D eigenvalue weighted by Crippen LogP contribution is -2.15. The third kappa shape index (κ3) is 1.50. The van der Waals surface area contributed by atoms with Crippen molar-refractivity contribution in [3.8, 4) is 0 Å². The van der Waals surface area contributed by atoms with Crippen molar-refractivity contribution in [2.75, 3.05) is 0 Å². The summed E-state index contributed by atoms with van der Waals surface area (Å²) in [5, 5.41) is 0. The van der Waals surface area contributed by atoms with Crippen LogP contribution in [0.2, 0.25) is 0 Å². The maximum absolute atomic E-state index is 4.13. The van der Waals surface area contributed by atoms with Gasteiger partial charge in [0.15, 0.2) is 0 Å². The maximum atomic E-state index is 4.13. The van der Waals surface area contributed by atoms with Crippen molar-refractivity contribution in [3.63, 3.8) is 0 Å². The standard InChI is InChI=1S/C8H15/c1-8(2)6-4-3-5-7-8/h1,3-7H2,2H3. The normalized spacial score (nSPS) is 27.8. The first-order valence-corrected chi connectivity index (χ1v) is 3.56. The van der Waals surface area contributed by atoms with Crippen LogP contribution < -0.4 is 0 Å². The van der Waals surface area contributed by atoms with E-state index in [0.29, 0.717) is 5.41 Å². The van der Waals surface area contributed by atoms with Gasteiger partial charge in [0.05, 0.1) is 0 Å². The van der Waals surface area contributed by atoms with E-state index in [1.54, 1.807) is 0 Å². The van der Waals surface area contributed by atoms with Crippen molar-refractivity contribution < 1.29 is 0 Å². The summed E-state index contributed by atoms with van der Waals surface area (Å²) in [5.74, 6) is 0. The zero-order valence-electron chi connectivity index (χ0n) is 5.74. The molecule has 0 aromatic rings. The van der Waals surface area contributed by atoms with E-state index in [1.165, 1.54) is 32.1 Å². The van der Waals surface area contributed by atoms with Gasteiger partial charge in [0.2, 0.25) is 0 Å². The molecule has 1 aliphatic carbocycles. The van der Waals surface area contributed by atoms with Crippen molar-refractivity contribution in [1.82, 2.24) is 0 Å². The Balaban J connectivity index is 2.33. The lowest BCUT2D eigenvalue weighted by Gasteiger charge is -2.28. The van der Waals surface area contributed by atoms with E-state index in [0.717, 1.165) is 0 Å². The summed E-state index contributed by atoms with van der Waals surface area (Å²) < 4.78 is 0. The van der Waals surface area contributed by atoms with Gasteiger partial charge in [-0.3, -0.25) is 0 Å². The first kappa shape index (κ1) is 6.12. The van der Waals surface area contributed by atoms with Gasteiger partial charge < -0.3 is 0 Å². The Bertz CT molecular complexity index is 64.1. The molecule has 1 fully saturated rings. The molecule has 0 bridgehead atoms. The molecule has 0 spiro atoms. The topological polar surface area (TPSA) is 0 Å². The van der Waals surface area contributed by atoms with E-state index < -0.39 is 0 Å². The third-order valence-corrected chi connectivity index (χ3v) is 2.06. The number of hydrogen-bond donors (Lipinski definition) is 0. The Kier molecular flexibility index (Phi) is 1.59. The highest BCUT2D eigenvalue weighted by Gasteiger charge is 2.20.